The summed E-state index contributed by atoms with van der Waals surface area (Å²) in [7, 11) is 1.55. The van der Waals surface area contributed by atoms with Crippen LogP contribution in [0.15, 0.2) is 40.1 Å². The van der Waals surface area contributed by atoms with E-state index in [0.29, 0.717) is 18.1 Å². The number of nitrogens with zero attached hydrogens (tertiary/aromatic N) is 5. The van der Waals surface area contributed by atoms with Gasteiger partial charge in [0.2, 0.25) is 5.78 Å². The molecule has 0 aliphatic rings. The number of rotatable bonds is 5. The first-order chi connectivity index (χ1) is 14.3. The Bertz CT molecular complexity index is 1420. The minimum atomic E-state index is -0.868. The van der Waals surface area contributed by atoms with Gasteiger partial charge in [-0.25, -0.2) is 9.36 Å². The van der Waals surface area contributed by atoms with E-state index >= 15 is 0 Å². The van der Waals surface area contributed by atoms with Gasteiger partial charge in [-0.15, -0.1) is 0 Å². The quantitative estimate of drug-likeness (QED) is 0.503. The number of Topliss-reactive ketones (excluding diaryl/α,β-unsaturated/α-hetero) is 1. The van der Waals surface area contributed by atoms with E-state index in [0.717, 1.165) is 15.9 Å². The van der Waals surface area contributed by atoms with Crippen molar-refractivity contribution in [2.75, 3.05) is 6.61 Å². The number of imidazole rings is 2. The Morgan fingerprint density at radius 1 is 1.23 bits per heavy atom. The van der Waals surface area contributed by atoms with Gasteiger partial charge in [-0.2, -0.15) is 4.98 Å². The van der Waals surface area contributed by atoms with Crippen LogP contribution in [0.3, 0.4) is 0 Å². The Morgan fingerprint density at radius 2 is 1.93 bits per heavy atom. The Morgan fingerprint density at radius 3 is 2.60 bits per heavy atom. The first-order valence-electron chi connectivity index (χ1n) is 9.72. The third-order valence-electron chi connectivity index (χ3n) is 5.36. The van der Waals surface area contributed by atoms with Crippen LogP contribution in [0.1, 0.15) is 32.5 Å². The summed E-state index contributed by atoms with van der Waals surface area (Å²) in [6.45, 7) is 7.23. The lowest BCUT2D eigenvalue weighted by Crippen LogP contribution is -2.42. The molecule has 156 valence electrons. The molecule has 0 N–H and O–H groups in total. The Labute approximate surface area is 171 Å². The van der Waals surface area contributed by atoms with Gasteiger partial charge in [0.1, 0.15) is 5.75 Å². The summed E-state index contributed by atoms with van der Waals surface area (Å²) in [5.41, 5.74) is 1.01. The standard InChI is InChI=1S/C21H23N5O4/c1-6-30-16-10-8-7-9-15(16)25-12(2)11-24-17-18(22-20(24)25)23(5)21(29)26(19(17)28)13(3)14(4)27/h7-11,13H,6H2,1-5H3/t13-/m0/s1. The number of para-hydroxylation sites is 2. The van der Waals surface area contributed by atoms with Crippen LogP contribution in [0.5, 0.6) is 5.75 Å². The molecule has 3 aromatic heterocycles. The van der Waals surface area contributed by atoms with E-state index in [1.807, 2.05) is 42.7 Å². The largest absolute Gasteiger partial charge is 0.492 e. The zero-order valence-corrected chi connectivity index (χ0v) is 17.5. The van der Waals surface area contributed by atoms with Crippen molar-refractivity contribution in [2.45, 2.75) is 33.7 Å². The summed E-state index contributed by atoms with van der Waals surface area (Å²) in [5, 5.41) is 0. The third kappa shape index (κ3) is 2.69. The molecule has 9 heteroatoms. The molecular weight excluding hydrogens is 386 g/mol. The number of hydrogen-bond acceptors (Lipinski definition) is 5. The lowest BCUT2D eigenvalue weighted by atomic mass is 10.2. The van der Waals surface area contributed by atoms with Crippen LogP contribution in [-0.2, 0) is 11.8 Å². The average Bonchev–Trinajstić information content (AvgIpc) is 3.21. The van der Waals surface area contributed by atoms with Crippen molar-refractivity contribution < 1.29 is 9.53 Å². The summed E-state index contributed by atoms with van der Waals surface area (Å²) in [5.74, 6) is 0.897. The molecule has 0 aliphatic carbocycles. The van der Waals surface area contributed by atoms with Crippen molar-refractivity contribution in [1.29, 1.82) is 0 Å². The van der Waals surface area contributed by atoms with E-state index < -0.39 is 17.3 Å². The molecule has 4 rings (SSSR count). The third-order valence-corrected chi connectivity index (χ3v) is 5.36. The van der Waals surface area contributed by atoms with Crippen LogP contribution in [0.4, 0.5) is 0 Å². The normalized spacial score (nSPS) is 12.6. The van der Waals surface area contributed by atoms with Gasteiger partial charge in [0.05, 0.1) is 18.3 Å². The molecule has 0 bridgehead atoms. The highest BCUT2D eigenvalue weighted by atomic mass is 16.5. The maximum atomic E-state index is 13.3. The summed E-state index contributed by atoms with van der Waals surface area (Å²) in [4.78, 5) is 42.6. The zero-order chi connectivity index (χ0) is 21.7. The van der Waals surface area contributed by atoms with E-state index in [1.165, 1.54) is 11.5 Å². The van der Waals surface area contributed by atoms with Gasteiger partial charge in [0.15, 0.2) is 16.9 Å². The molecule has 0 aliphatic heterocycles. The number of aromatic nitrogens is 5. The molecule has 30 heavy (non-hydrogen) atoms. The minimum Gasteiger partial charge on any atom is -0.492 e. The SMILES string of the molecule is CCOc1ccccc1-n1c(C)cn2c3c(=O)n([C@@H](C)C(C)=O)c(=O)n(C)c3nc12. The lowest BCUT2D eigenvalue weighted by Gasteiger charge is -2.12. The molecule has 9 nitrogen and oxygen atoms in total. The van der Waals surface area contributed by atoms with E-state index in [4.69, 9.17) is 4.74 Å². The van der Waals surface area contributed by atoms with Crippen LogP contribution in [0.25, 0.3) is 22.6 Å². The van der Waals surface area contributed by atoms with Crippen LogP contribution in [0.2, 0.25) is 0 Å². The molecular formula is C21H23N5O4. The molecule has 0 amide bonds. The molecule has 1 atom stereocenters. The molecule has 0 fully saturated rings. The van der Waals surface area contributed by atoms with E-state index in [2.05, 4.69) is 4.98 Å². The smallest absolute Gasteiger partial charge is 0.333 e. The van der Waals surface area contributed by atoms with Crippen LogP contribution >= 0.6 is 0 Å². The fourth-order valence-electron chi connectivity index (χ4n) is 3.72. The van der Waals surface area contributed by atoms with E-state index in [9.17, 15) is 14.4 Å². The van der Waals surface area contributed by atoms with E-state index in [-0.39, 0.29) is 16.9 Å². The Balaban J connectivity index is 2.12. The number of hydrogen-bond donors (Lipinski definition) is 0. The lowest BCUT2D eigenvalue weighted by molar-refractivity contribution is -0.119. The van der Waals surface area contributed by atoms with Crippen molar-refractivity contribution in [3.05, 3.63) is 57.0 Å². The van der Waals surface area contributed by atoms with Crippen molar-refractivity contribution in [3.63, 3.8) is 0 Å². The Hall–Kier alpha value is -3.62. The topological polar surface area (TPSA) is 92.5 Å². The predicted molar refractivity (Wildman–Crippen MR) is 113 cm³/mol. The average molecular weight is 409 g/mol. The molecule has 0 unspecified atom stereocenters. The number of aryl methyl sites for hydroxylation is 2. The molecule has 3 heterocycles. The molecule has 0 radical (unpaired) electrons. The summed E-state index contributed by atoms with van der Waals surface area (Å²) in [6.07, 6.45) is 1.79. The zero-order valence-electron chi connectivity index (χ0n) is 17.5. The number of ether oxygens (including phenoxy) is 1. The van der Waals surface area contributed by atoms with E-state index in [1.54, 1.807) is 24.6 Å². The van der Waals surface area contributed by atoms with Gasteiger partial charge < -0.3 is 4.74 Å². The van der Waals surface area contributed by atoms with Crippen LogP contribution in [0, 0.1) is 6.92 Å². The summed E-state index contributed by atoms with van der Waals surface area (Å²) in [6, 6.07) is 6.69. The highest BCUT2D eigenvalue weighted by Crippen LogP contribution is 2.28. The number of carbonyl (C=O) groups excluding carboxylic acids is 1. The molecule has 0 spiro atoms. The number of fused-ring (bicyclic) bond motifs is 3. The highest BCUT2D eigenvalue weighted by Gasteiger charge is 2.24. The minimum absolute atomic E-state index is 0.246. The van der Waals surface area contributed by atoms with Crippen LogP contribution in [-0.4, -0.2) is 35.5 Å². The van der Waals surface area contributed by atoms with Crippen molar-refractivity contribution in [3.8, 4) is 11.4 Å². The molecule has 1 aromatic carbocycles. The number of carbonyl (C=O) groups is 1. The van der Waals surface area contributed by atoms with Gasteiger partial charge in [-0.1, -0.05) is 12.1 Å². The molecule has 0 saturated carbocycles. The predicted octanol–water partition coefficient (Wildman–Crippen LogP) is 2.00. The summed E-state index contributed by atoms with van der Waals surface area (Å²) < 4.78 is 11.6. The van der Waals surface area contributed by atoms with Gasteiger partial charge in [-0.05, 0) is 39.8 Å². The second-order valence-corrected chi connectivity index (χ2v) is 7.26. The molecule has 0 saturated heterocycles. The second kappa shape index (κ2) is 7.01. The number of benzene rings is 1. The van der Waals surface area contributed by atoms with Crippen molar-refractivity contribution in [1.82, 2.24) is 23.1 Å². The first-order valence-corrected chi connectivity index (χ1v) is 9.72. The van der Waals surface area contributed by atoms with Gasteiger partial charge in [0, 0.05) is 18.9 Å². The summed E-state index contributed by atoms with van der Waals surface area (Å²) >= 11 is 0. The van der Waals surface area contributed by atoms with Gasteiger partial charge >= 0.3 is 5.69 Å². The van der Waals surface area contributed by atoms with Gasteiger partial charge in [-0.3, -0.25) is 23.1 Å². The second-order valence-electron chi connectivity index (χ2n) is 7.26. The van der Waals surface area contributed by atoms with Crippen LogP contribution < -0.4 is 16.0 Å². The fourth-order valence-corrected chi connectivity index (χ4v) is 3.72. The maximum Gasteiger partial charge on any atom is 0.333 e. The fraction of sp³-hybridized carbons (Fsp3) is 0.333. The Kier molecular flexibility index (Phi) is 4.60. The number of ketones is 1. The van der Waals surface area contributed by atoms with Crippen molar-refractivity contribution >= 4 is 22.7 Å². The van der Waals surface area contributed by atoms with Gasteiger partial charge in [0.25, 0.3) is 5.56 Å². The maximum absolute atomic E-state index is 13.3. The monoisotopic (exact) mass is 409 g/mol. The molecule has 4 aromatic rings. The van der Waals surface area contributed by atoms with Crippen molar-refractivity contribution in [2.24, 2.45) is 7.05 Å². The first kappa shape index (κ1) is 19.7. The highest BCUT2D eigenvalue weighted by molar-refractivity contribution is 5.81.